The Bertz CT molecular complexity index is 470. The molecule has 1 unspecified atom stereocenters. The van der Waals surface area contributed by atoms with Crippen LogP contribution in [0.4, 0.5) is 0 Å². The predicted molar refractivity (Wildman–Crippen MR) is 73.7 cm³/mol. The minimum atomic E-state index is -0.327. The molecule has 2 rings (SSSR count). The molecule has 1 heterocycles. The number of aliphatic hydroxyl groups excluding tert-OH is 1. The van der Waals surface area contributed by atoms with Crippen molar-refractivity contribution < 1.29 is 5.11 Å². The number of hydrogen-bond donors (Lipinski definition) is 1. The smallest absolute Gasteiger partial charge is 0.0583 e. The standard InChI is InChI=1S/C15H16ClNO/c16-14-6-3-12(4-7-14)10-15(18)8-5-13-2-1-9-17-11-13/h1-4,6-7,9,11,15,18H,5,8,10H2. The second-order valence-corrected chi connectivity index (χ2v) is 4.82. The molecular formula is C15H16ClNO. The van der Waals surface area contributed by atoms with E-state index >= 15 is 0 Å². The minimum absolute atomic E-state index is 0.327. The lowest BCUT2D eigenvalue weighted by Crippen LogP contribution is -2.11. The molecule has 1 aromatic heterocycles. The summed E-state index contributed by atoms with van der Waals surface area (Å²) in [6.07, 6.45) is 5.53. The van der Waals surface area contributed by atoms with Crippen LogP contribution < -0.4 is 0 Å². The Morgan fingerprint density at radius 3 is 2.56 bits per heavy atom. The highest BCUT2D eigenvalue weighted by molar-refractivity contribution is 6.30. The van der Waals surface area contributed by atoms with Crippen LogP contribution in [-0.2, 0) is 12.8 Å². The second-order valence-electron chi connectivity index (χ2n) is 4.38. The molecule has 0 radical (unpaired) electrons. The van der Waals surface area contributed by atoms with Gasteiger partial charge in [0.25, 0.3) is 0 Å². The third kappa shape index (κ3) is 4.13. The van der Waals surface area contributed by atoms with Crippen molar-refractivity contribution in [3.63, 3.8) is 0 Å². The summed E-state index contributed by atoms with van der Waals surface area (Å²) in [5, 5.41) is 10.7. The lowest BCUT2D eigenvalue weighted by Gasteiger charge is -2.10. The average Bonchev–Trinajstić information content (AvgIpc) is 2.40. The topological polar surface area (TPSA) is 33.1 Å². The number of pyridine rings is 1. The first-order valence-corrected chi connectivity index (χ1v) is 6.43. The number of benzene rings is 1. The maximum Gasteiger partial charge on any atom is 0.0583 e. The zero-order valence-corrected chi connectivity index (χ0v) is 10.8. The van der Waals surface area contributed by atoms with Crippen molar-refractivity contribution in [1.29, 1.82) is 0 Å². The molecule has 3 heteroatoms. The van der Waals surface area contributed by atoms with Gasteiger partial charge in [0.15, 0.2) is 0 Å². The number of hydrogen-bond acceptors (Lipinski definition) is 2. The van der Waals surface area contributed by atoms with Crippen molar-refractivity contribution in [3.05, 3.63) is 64.9 Å². The SMILES string of the molecule is OC(CCc1cccnc1)Cc1ccc(Cl)cc1. The maximum atomic E-state index is 9.98. The molecule has 0 spiro atoms. The van der Waals surface area contributed by atoms with Gasteiger partial charge in [0.1, 0.15) is 0 Å². The molecule has 94 valence electrons. The Hall–Kier alpha value is -1.38. The zero-order valence-electron chi connectivity index (χ0n) is 10.1. The van der Waals surface area contributed by atoms with E-state index < -0.39 is 0 Å². The van der Waals surface area contributed by atoms with E-state index in [2.05, 4.69) is 4.98 Å². The first kappa shape index (κ1) is 13.1. The number of aliphatic hydroxyl groups is 1. The van der Waals surface area contributed by atoms with Gasteiger partial charge in [-0.2, -0.15) is 0 Å². The van der Waals surface area contributed by atoms with Crippen LogP contribution in [-0.4, -0.2) is 16.2 Å². The fourth-order valence-corrected chi connectivity index (χ4v) is 2.00. The third-order valence-electron chi connectivity index (χ3n) is 2.87. The van der Waals surface area contributed by atoms with Crippen molar-refractivity contribution in [2.24, 2.45) is 0 Å². The molecule has 0 fully saturated rings. The quantitative estimate of drug-likeness (QED) is 0.896. The van der Waals surface area contributed by atoms with Gasteiger partial charge in [-0.3, -0.25) is 4.98 Å². The van der Waals surface area contributed by atoms with Crippen LogP contribution in [0.25, 0.3) is 0 Å². The summed E-state index contributed by atoms with van der Waals surface area (Å²) in [5.74, 6) is 0. The lowest BCUT2D eigenvalue weighted by atomic mass is 10.0. The first-order chi connectivity index (χ1) is 8.74. The van der Waals surface area contributed by atoms with Crippen molar-refractivity contribution in [3.8, 4) is 0 Å². The van der Waals surface area contributed by atoms with E-state index in [1.807, 2.05) is 42.6 Å². The number of aryl methyl sites for hydroxylation is 1. The summed E-state index contributed by atoms with van der Waals surface area (Å²) in [4.78, 5) is 4.06. The molecular weight excluding hydrogens is 246 g/mol. The normalized spacial score (nSPS) is 12.3. The molecule has 0 aliphatic heterocycles. The summed E-state index contributed by atoms with van der Waals surface area (Å²) >= 11 is 5.82. The van der Waals surface area contributed by atoms with E-state index in [9.17, 15) is 5.11 Å². The van der Waals surface area contributed by atoms with Gasteiger partial charge in [-0.1, -0.05) is 29.8 Å². The number of nitrogens with zero attached hydrogens (tertiary/aromatic N) is 1. The van der Waals surface area contributed by atoms with Gasteiger partial charge < -0.3 is 5.11 Å². The number of halogens is 1. The monoisotopic (exact) mass is 261 g/mol. The Balaban J connectivity index is 1.82. The highest BCUT2D eigenvalue weighted by Gasteiger charge is 2.06. The Morgan fingerprint density at radius 2 is 1.89 bits per heavy atom. The van der Waals surface area contributed by atoms with E-state index in [0.29, 0.717) is 6.42 Å². The van der Waals surface area contributed by atoms with Gasteiger partial charge in [0.05, 0.1) is 6.10 Å². The highest BCUT2D eigenvalue weighted by Crippen LogP contribution is 2.13. The molecule has 1 N–H and O–H groups in total. The van der Waals surface area contributed by atoms with Crippen molar-refractivity contribution in [2.75, 3.05) is 0 Å². The summed E-state index contributed by atoms with van der Waals surface area (Å²) in [5.41, 5.74) is 2.27. The van der Waals surface area contributed by atoms with Crippen LogP contribution in [0.3, 0.4) is 0 Å². The third-order valence-corrected chi connectivity index (χ3v) is 3.13. The van der Waals surface area contributed by atoms with E-state index in [4.69, 9.17) is 11.6 Å². The Labute approximate surface area is 112 Å². The molecule has 2 nitrogen and oxygen atoms in total. The maximum absolute atomic E-state index is 9.98. The van der Waals surface area contributed by atoms with Crippen LogP contribution in [0.5, 0.6) is 0 Å². The molecule has 18 heavy (non-hydrogen) atoms. The fraction of sp³-hybridized carbons (Fsp3) is 0.267. The van der Waals surface area contributed by atoms with Gasteiger partial charge in [-0.25, -0.2) is 0 Å². The van der Waals surface area contributed by atoms with Crippen LogP contribution in [0.15, 0.2) is 48.8 Å². The molecule has 2 aromatic rings. The van der Waals surface area contributed by atoms with Crippen molar-refractivity contribution >= 4 is 11.6 Å². The molecule has 0 saturated carbocycles. The molecule has 0 amide bonds. The Morgan fingerprint density at radius 1 is 1.11 bits per heavy atom. The van der Waals surface area contributed by atoms with E-state index in [1.54, 1.807) is 6.20 Å². The van der Waals surface area contributed by atoms with Crippen molar-refractivity contribution in [2.45, 2.75) is 25.4 Å². The van der Waals surface area contributed by atoms with Gasteiger partial charge in [0, 0.05) is 17.4 Å². The summed E-state index contributed by atoms with van der Waals surface area (Å²) in [6.45, 7) is 0. The molecule has 1 atom stereocenters. The summed E-state index contributed by atoms with van der Waals surface area (Å²) in [7, 11) is 0. The molecule has 1 aromatic carbocycles. The second kappa shape index (κ2) is 6.53. The molecule has 0 bridgehead atoms. The highest BCUT2D eigenvalue weighted by atomic mass is 35.5. The minimum Gasteiger partial charge on any atom is -0.393 e. The number of rotatable bonds is 5. The largest absolute Gasteiger partial charge is 0.393 e. The Kier molecular flexibility index (Phi) is 4.73. The zero-order chi connectivity index (χ0) is 12.8. The van der Waals surface area contributed by atoms with Crippen molar-refractivity contribution in [1.82, 2.24) is 4.98 Å². The predicted octanol–water partition coefficient (Wildman–Crippen LogP) is 3.27. The average molecular weight is 262 g/mol. The van der Waals surface area contributed by atoms with Gasteiger partial charge in [-0.05, 0) is 48.6 Å². The van der Waals surface area contributed by atoms with Gasteiger partial charge >= 0.3 is 0 Å². The van der Waals surface area contributed by atoms with E-state index in [1.165, 1.54) is 0 Å². The van der Waals surface area contributed by atoms with Crippen LogP contribution in [0, 0.1) is 0 Å². The van der Waals surface area contributed by atoms with Gasteiger partial charge in [0.2, 0.25) is 0 Å². The van der Waals surface area contributed by atoms with Crippen LogP contribution >= 0.6 is 11.6 Å². The van der Waals surface area contributed by atoms with Crippen LogP contribution in [0.1, 0.15) is 17.5 Å². The van der Waals surface area contributed by atoms with Crippen LogP contribution in [0.2, 0.25) is 5.02 Å². The summed E-state index contributed by atoms with van der Waals surface area (Å²) < 4.78 is 0. The van der Waals surface area contributed by atoms with E-state index in [-0.39, 0.29) is 6.10 Å². The molecule has 0 aliphatic rings. The lowest BCUT2D eigenvalue weighted by molar-refractivity contribution is 0.165. The summed E-state index contributed by atoms with van der Waals surface area (Å²) in [6, 6.07) is 11.6. The van der Waals surface area contributed by atoms with E-state index in [0.717, 1.165) is 29.0 Å². The molecule has 0 saturated heterocycles. The fourth-order valence-electron chi connectivity index (χ4n) is 1.87. The number of aromatic nitrogens is 1. The molecule has 0 aliphatic carbocycles. The first-order valence-electron chi connectivity index (χ1n) is 6.05. The van der Waals surface area contributed by atoms with Gasteiger partial charge in [-0.15, -0.1) is 0 Å².